The lowest BCUT2D eigenvalue weighted by molar-refractivity contribution is 0.0519. The zero-order chi connectivity index (χ0) is 15.3. The first-order valence-corrected chi connectivity index (χ1v) is 7.72. The van der Waals surface area contributed by atoms with E-state index in [4.69, 9.17) is 4.74 Å². The van der Waals surface area contributed by atoms with Crippen molar-refractivity contribution in [3.63, 3.8) is 0 Å². The fraction of sp³-hybridized carbons (Fsp3) is 0.588. The molecule has 1 amide bonds. The molecule has 2 atom stereocenters. The van der Waals surface area contributed by atoms with Crippen molar-refractivity contribution in [1.29, 1.82) is 0 Å². The van der Waals surface area contributed by atoms with Crippen LogP contribution < -0.4 is 10.6 Å². The van der Waals surface area contributed by atoms with Crippen molar-refractivity contribution in [2.45, 2.75) is 51.7 Å². The normalized spacial score (nSPS) is 21.9. The monoisotopic (exact) mass is 290 g/mol. The number of amides is 1. The summed E-state index contributed by atoms with van der Waals surface area (Å²) in [6.45, 7) is 6.30. The molecule has 1 aliphatic carbocycles. The van der Waals surface area contributed by atoms with E-state index in [0.717, 1.165) is 18.5 Å². The molecule has 0 radical (unpaired) electrons. The van der Waals surface area contributed by atoms with Crippen LogP contribution in [0.1, 0.15) is 40.0 Å². The molecular weight excluding hydrogens is 264 g/mol. The van der Waals surface area contributed by atoms with E-state index in [9.17, 15) is 4.79 Å². The van der Waals surface area contributed by atoms with Gasteiger partial charge in [0.25, 0.3) is 0 Å². The molecule has 0 bridgehead atoms. The molecule has 21 heavy (non-hydrogen) atoms. The molecule has 0 aromatic heterocycles. The van der Waals surface area contributed by atoms with Crippen LogP contribution in [0.4, 0.5) is 10.5 Å². The van der Waals surface area contributed by atoms with Crippen molar-refractivity contribution in [2.75, 3.05) is 11.9 Å². The molecular formula is C17H26N2O2. The van der Waals surface area contributed by atoms with Crippen LogP contribution in [0.5, 0.6) is 0 Å². The van der Waals surface area contributed by atoms with Gasteiger partial charge in [0.2, 0.25) is 0 Å². The zero-order valence-electron chi connectivity index (χ0n) is 13.2. The molecule has 1 fully saturated rings. The number of hydrogen-bond donors (Lipinski definition) is 2. The van der Waals surface area contributed by atoms with Crippen molar-refractivity contribution in [3.05, 3.63) is 30.3 Å². The van der Waals surface area contributed by atoms with Crippen LogP contribution in [0.3, 0.4) is 0 Å². The van der Waals surface area contributed by atoms with Crippen molar-refractivity contribution in [2.24, 2.45) is 5.92 Å². The van der Waals surface area contributed by atoms with E-state index in [2.05, 4.69) is 22.8 Å². The second-order valence-electron chi connectivity index (χ2n) is 6.69. The van der Waals surface area contributed by atoms with Crippen LogP contribution in [0.25, 0.3) is 0 Å². The van der Waals surface area contributed by atoms with Crippen LogP contribution in [-0.2, 0) is 4.74 Å². The lowest BCUT2D eigenvalue weighted by atomic mass is 10.0. The summed E-state index contributed by atoms with van der Waals surface area (Å²) in [5.41, 5.74) is 0.702. The number of benzene rings is 1. The van der Waals surface area contributed by atoms with Crippen molar-refractivity contribution >= 4 is 11.8 Å². The number of rotatable bonds is 4. The summed E-state index contributed by atoms with van der Waals surface area (Å²) in [7, 11) is 0. The Balaban J connectivity index is 1.81. The second-order valence-corrected chi connectivity index (χ2v) is 6.69. The minimum absolute atomic E-state index is 0.326. The molecule has 1 aromatic rings. The molecule has 2 N–H and O–H groups in total. The fourth-order valence-electron chi connectivity index (χ4n) is 2.75. The molecule has 1 aliphatic rings. The van der Waals surface area contributed by atoms with Gasteiger partial charge in [-0.1, -0.05) is 24.6 Å². The quantitative estimate of drug-likeness (QED) is 0.887. The zero-order valence-corrected chi connectivity index (χ0v) is 13.2. The largest absolute Gasteiger partial charge is 0.444 e. The number of alkyl carbamates (subject to hydrolysis) is 1. The van der Waals surface area contributed by atoms with Gasteiger partial charge in [-0.15, -0.1) is 0 Å². The van der Waals surface area contributed by atoms with E-state index in [1.165, 1.54) is 6.42 Å². The van der Waals surface area contributed by atoms with Gasteiger partial charge in [-0.3, -0.25) is 0 Å². The van der Waals surface area contributed by atoms with Gasteiger partial charge < -0.3 is 15.4 Å². The number of carbonyl (C=O) groups excluding carboxylic acids is 1. The first-order chi connectivity index (χ1) is 9.94. The summed E-state index contributed by atoms with van der Waals surface area (Å²) in [5, 5.41) is 6.47. The van der Waals surface area contributed by atoms with Crippen molar-refractivity contribution < 1.29 is 9.53 Å². The molecule has 116 valence electrons. The fourth-order valence-corrected chi connectivity index (χ4v) is 2.75. The molecule has 4 heteroatoms. The molecule has 0 saturated heterocycles. The van der Waals surface area contributed by atoms with Gasteiger partial charge in [0, 0.05) is 18.3 Å². The van der Waals surface area contributed by atoms with Gasteiger partial charge in [0.15, 0.2) is 0 Å². The third kappa shape index (κ3) is 5.29. The third-order valence-electron chi connectivity index (χ3n) is 3.69. The van der Waals surface area contributed by atoms with Crippen LogP contribution in [-0.4, -0.2) is 24.3 Å². The van der Waals surface area contributed by atoms with Gasteiger partial charge in [-0.25, -0.2) is 4.79 Å². The highest BCUT2D eigenvalue weighted by molar-refractivity contribution is 5.67. The number of carbonyl (C=O) groups is 1. The predicted octanol–water partition coefficient (Wildman–Crippen LogP) is 3.79. The van der Waals surface area contributed by atoms with Gasteiger partial charge in [0.05, 0.1) is 0 Å². The highest BCUT2D eigenvalue weighted by Gasteiger charge is 2.28. The Morgan fingerprint density at radius 1 is 1.24 bits per heavy atom. The maximum atomic E-state index is 11.7. The van der Waals surface area contributed by atoms with E-state index < -0.39 is 5.60 Å². The summed E-state index contributed by atoms with van der Waals surface area (Å²) in [6.07, 6.45) is 3.16. The molecule has 1 saturated carbocycles. The summed E-state index contributed by atoms with van der Waals surface area (Å²) >= 11 is 0. The summed E-state index contributed by atoms with van der Waals surface area (Å²) in [5.74, 6) is 0.456. The standard InChI is InChI=1S/C17H26N2O2/c1-17(2,3)21-16(20)18-12-13-8-7-11-15(13)19-14-9-5-4-6-10-14/h4-6,9-10,13,15,19H,7-8,11-12H2,1-3H3,(H,18,20). The van der Waals surface area contributed by atoms with Gasteiger partial charge >= 0.3 is 6.09 Å². The average molecular weight is 290 g/mol. The minimum Gasteiger partial charge on any atom is -0.444 e. The highest BCUT2D eigenvalue weighted by Crippen LogP contribution is 2.28. The number of hydrogen-bond acceptors (Lipinski definition) is 3. The summed E-state index contributed by atoms with van der Waals surface area (Å²) in [4.78, 5) is 11.7. The molecule has 2 unspecified atom stereocenters. The molecule has 0 spiro atoms. The van der Waals surface area contributed by atoms with Crippen LogP contribution in [0.15, 0.2) is 30.3 Å². The van der Waals surface area contributed by atoms with Crippen LogP contribution >= 0.6 is 0 Å². The van der Waals surface area contributed by atoms with Gasteiger partial charge in [-0.05, 0) is 51.7 Å². The molecule has 2 rings (SSSR count). The number of anilines is 1. The van der Waals surface area contributed by atoms with Gasteiger partial charge in [0.1, 0.15) is 5.60 Å². The molecule has 1 aromatic carbocycles. The minimum atomic E-state index is -0.443. The van der Waals surface area contributed by atoms with Crippen molar-refractivity contribution in [3.8, 4) is 0 Å². The summed E-state index contributed by atoms with van der Waals surface area (Å²) in [6, 6.07) is 10.7. The molecule has 0 aliphatic heterocycles. The Morgan fingerprint density at radius 2 is 1.95 bits per heavy atom. The number of para-hydroxylation sites is 1. The first kappa shape index (κ1) is 15.7. The molecule has 4 nitrogen and oxygen atoms in total. The van der Waals surface area contributed by atoms with E-state index in [1.54, 1.807) is 0 Å². The maximum Gasteiger partial charge on any atom is 0.407 e. The lowest BCUT2D eigenvalue weighted by Crippen LogP contribution is -2.38. The smallest absolute Gasteiger partial charge is 0.407 e. The van der Waals surface area contributed by atoms with E-state index in [0.29, 0.717) is 18.5 Å². The van der Waals surface area contributed by atoms with Gasteiger partial charge in [-0.2, -0.15) is 0 Å². The maximum absolute atomic E-state index is 11.7. The summed E-state index contributed by atoms with van der Waals surface area (Å²) < 4.78 is 5.28. The average Bonchev–Trinajstić information content (AvgIpc) is 2.83. The lowest BCUT2D eigenvalue weighted by Gasteiger charge is -2.24. The Bertz CT molecular complexity index is 454. The Labute approximate surface area is 127 Å². The SMILES string of the molecule is CC(C)(C)OC(=O)NCC1CCCC1Nc1ccccc1. The van der Waals surface area contributed by atoms with Crippen LogP contribution in [0, 0.1) is 5.92 Å². The van der Waals surface area contributed by atoms with E-state index in [-0.39, 0.29) is 6.09 Å². The Hall–Kier alpha value is -1.71. The van der Waals surface area contributed by atoms with E-state index >= 15 is 0 Å². The van der Waals surface area contributed by atoms with Crippen molar-refractivity contribution in [1.82, 2.24) is 5.32 Å². The molecule has 0 heterocycles. The Kier molecular flexibility index (Phi) is 5.10. The predicted molar refractivity (Wildman–Crippen MR) is 85.4 cm³/mol. The van der Waals surface area contributed by atoms with Crippen LogP contribution in [0.2, 0.25) is 0 Å². The first-order valence-electron chi connectivity index (χ1n) is 7.72. The Morgan fingerprint density at radius 3 is 2.62 bits per heavy atom. The topological polar surface area (TPSA) is 50.4 Å². The number of ether oxygens (including phenoxy) is 1. The third-order valence-corrected chi connectivity index (χ3v) is 3.69. The second kappa shape index (κ2) is 6.83. The van der Waals surface area contributed by atoms with E-state index in [1.807, 2.05) is 39.0 Å². The highest BCUT2D eigenvalue weighted by atomic mass is 16.6. The number of nitrogens with one attached hydrogen (secondary N) is 2.